The lowest BCUT2D eigenvalue weighted by Gasteiger charge is -2.29. The van der Waals surface area contributed by atoms with Gasteiger partial charge in [0.1, 0.15) is 6.10 Å². The second-order valence-electron chi connectivity index (χ2n) is 4.16. The van der Waals surface area contributed by atoms with Gasteiger partial charge in [0.05, 0.1) is 3.92 Å². The quantitative estimate of drug-likeness (QED) is 0.454. The van der Waals surface area contributed by atoms with Crippen LogP contribution in [-0.4, -0.2) is 16.0 Å². The summed E-state index contributed by atoms with van der Waals surface area (Å²) < 4.78 is 5.70. The highest BCUT2D eigenvalue weighted by Gasteiger charge is 2.27. The molecule has 0 amide bonds. The molecule has 82 valence electrons. The molecule has 3 heteroatoms. The molecule has 0 N–H and O–H groups in total. The third-order valence-electron chi connectivity index (χ3n) is 2.90. The molecular weight excluding hydrogens is 291 g/mol. The highest BCUT2D eigenvalue weighted by atomic mass is 127. The average Bonchev–Trinajstić information content (AvgIpc) is 2.17. The standard InChI is InChI=1S/C11H19IO2/c1-8(14-9(2)13)11(12)10-6-4-3-5-7-10/h8,10-11H,3-7H2,1-2H3/t8-,11-/m1/s1. The molecule has 1 aliphatic carbocycles. The van der Waals surface area contributed by atoms with Gasteiger partial charge in [-0.25, -0.2) is 0 Å². The minimum absolute atomic E-state index is 0.0659. The molecule has 1 aliphatic rings. The number of carbonyl (C=O) groups excluding carboxylic acids is 1. The van der Waals surface area contributed by atoms with E-state index in [1.165, 1.54) is 39.0 Å². The van der Waals surface area contributed by atoms with Gasteiger partial charge in [0.25, 0.3) is 0 Å². The van der Waals surface area contributed by atoms with E-state index in [2.05, 4.69) is 22.6 Å². The van der Waals surface area contributed by atoms with Crippen molar-refractivity contribution in [2.75, 3.05) is 0 Å². The Hall–Kier alpha value is 0.200. The molecule has 0 aromatic heterocycles. The second kappa shape index (κ2) is 5.93. The normalized spacial score (nSPS) is 22.8. The van der Waals surface area contributed by atoms with Crippen LogP contribution >= 0.6 is 22.6 Å². The highest BCUT2D eigenvalue weighted by molar-refractivity contribution is 14.1. The lowest BCUT2D eigenvalue weighted by Crippen LogP contribution is -2.30. The fourth-order valence-corrected chi connectivity index (χ4v) is 3.03. The molecule has 0 heterocycles. The summed E-state index contributed by atoms with van der Waals surface area (Å²) in [5.74, 6) is 0.591. The monoisotopic (exact) mass is 310 g/mol. The number of alkyl halides is 1. The van der Waals surface area contributed by atoms with Gasteiger partial charge in [-0.3, -0.25) is 4.79 Å². The molecule has 0 saturated heterocycles. The van der Waals surface area contributed by atoms with Crippen LogP contribution in [0.4, 0.5) is 0 Å². The molecular formula is C11H19IO2. The molecule has 0 bridgehead atoms. The molecule has 14 heavy (non-hydrogen) atoms. The van der Waals surface area contributed by atoms with Gasteiger partial charge in [0.15, 0.2) is 0 Å². The molecule has 2 atom stereocenters. The Labute approximate surface area is 99.9 Å². The SMILES string of the molecule is CC(=O)O[C@H](C)[C@@H](I)C1CCCCC1. The average molecular weight is 310 g/mol. The molecule has 0 aliphatic heterocycles. The van der Waals surface area contributed by atoms with Crippen molar-refractivity contribution in [3.63, 3.8) is 0 Å². The van der Waals surface area contributed by atoms with Gasteiger partial charge in [-0.1, -0.05) is 41.9 Å². The van der Waals surface area contributed by atoms with Crippen molar-refractivity contribution in [1.82, 2.24) is 0 Å². The van der Waals surface area contributed by atoms with Crippen LogP contribution < -0.4 is 0 Å². The molecule has 0 aromatic carbocycles. The Balaban J connectivity index is 2.37. The number of hydrogen-bond donors (Lipinski definition) is 0. The number of ether oxygens (including phenoxy) is 1. The zero-order valence-electron chi connectivity index (χ0n) is 8.96. The van der Waals surface area contributed by atoms with E-state index in [9.17, 15) is 4.79 Å². The van der Waals surface area contributed by atoms with Gasteiger partial charge in [0.2, 0.25) is 0 Å². The summed E-state index contributed by atoms with van der Waals surface area (Å²) in [5.41, 5.74) is 0. The van der Waals surface area contributed by atoms with Crippen LogP contribution in [-0.2, 0) is 9.53 Å². The van der Waals surface area contributed by atoms with E-state index in [4.69, 9.17) is 4.74 Å². The fraction of sp³-hybridized carbons (Fsp3) is 0.909. The van der Waals surface area contributed by atoms with Crippen molar-refractivity contribution in [2.45, 2.75) is 56.0 Å². The minimum Gasteiger partial charge on any atom is -0.462 e. The zero-order chi connectivity index (χ0) is 10.6. The van der Waals surface area contributed by atoms with Crippen molar-refractivity contribution < 1.29 is 9.53 Å². The Morgan fingerprint density at radius 3 is 2.43 bits per heavy atom. The summed E-state index contributed by atoms with van der Waals surface area (Å²) in [6, 6.07) is 0. The maximum atomic E-state index is 10.8. The van der Waals surface area contributed by atoms with E-state index < -0.39 is 0 Å². The summed E-state index contributed by atoms with van der Waals surface area (Å²) in [7, 11) is 0. The van der Waals surface area contributed by atoms with Crippen LogP contribution in [0, 0.1) is 5.92 Å². The number of esters is 1. The van der Waals surface area contributed by atoms with Crippen LogP contribution in [0.1, 0.15) is 46.0 Å². The van der Waals surface area contributed by atoms with Gasteiger partial charge >= 0.3 is 5.97 Å². The Bertz CT molecular complexity index is 188. The lowest BCUT2D eigenvalue weighted by molar-refractivity contribution is -0.145. The summed E-state index contributed by atoms with van der Waals surface area (Å²) in [4.78, 5) is 10.8. The summed E-state index contributed by atoms with van der Waals surface area (Å²) >= 11 is 2.44. The molecule has 2 nitrogen and oxygen atoms in total. The maximum Gasteiger partial charge on any atom is 0.302 e. The molecule has 0 aromatic rings. The lowest BCUT2D eigenvalue weighted by atomic mass is 9.85. The first-order chi connectivity index (χ1) is 6.61. The first-order valence-corrected chi connectivity index (χ1v) is 6.67. The largest absolute Gasteiger partial charge is 0.462 e. The Morgan fingerprint density at radius 2 is 1.93 bits per heavy atom. The van der Waals surface area contributed by atoms with E-state index >= 15 is 0 Å². The van der Waals surface area contributed by atoms with Gasteiger partial charge in [-0.15, -0.1) is 0 Å². The molecule has 1 fully saturated rings. The summed E-state index contributed by atoms with van der Waals surface area (Å²) in [6.07, 6.45) is 6.74. The zero-order valence-corrected chi connectivity index (χ0v) is 11.1. The summed E-state index contributed by atoms with van der Waals surface area (Å²) in [5, 5.41) is 0. The molecule has 0 radical (unpaired) electrons. The third kappa shape index (κ3) is 3.75. The van der Waals surface area contributed by atoms with Crippen molar-refractivity contribution in [1.29, 1.82) is 0 Å². The van der Waals surface area contributed by atoms with E-state index in [0.29, 0.717) is 3.92 Å². The second-order valence-corrected chi connectivity index (χ2v) is 5.60. The minimum atomic E-state index is -0.157. The van der Waals surface area contributed by atoms with Gasteiger partial charge in [-0.2, -0.15) is 0 Å². The third-order valence-corrected chi connectivity index (χ3v) is 4.93. The molecule has 0 unspecified atom stereocenters. The first kappa shape index (κ1) is 12.3. The summed E-state index contributed by atoms with van der Waals surface area (Å²) in [6.45, 7) is 3.49. The Morgan fingerprint density at radius 1 is 1.36 bits per heavy atom. The Kier molecular flexibility index (Phi) is 5.20. The number of halogens is 1. The maximum absolute atomic E-state index is 10.8. The predicted molar refractivity (Wildman–Crippen MR) is 65.6 cm³/mol. The topological polar surface area (TPSA) is 26.3 Å². The highest BCUT2D eigenvalue weighted by Crippen LogP contribution is 2.32. The van der Waals surface area contributed by atoms with Crippen molar-refractivity contribution in [3.8, 4) is 0 Å². The number of hydrogen-bond acceptors (Lipinski definition) is 2. The van der Waals surface area contributed by atoms with Crippen molar-refractivity contribution in [3.05, 3.63) is 0 Å². The van der Waals surface area contributed by atoms with Crippen molar-refractivity contribution >= 4 is 28.6 Å². The fourth-order valence-electron chi connectivity index (χ4n) is 2.16. The van der Waals surface area contributed by atoms with E-state index in [1.54, 1.807) is 0 Å². The van der Waals surface area contributed by atoms with E-state index in [1.807, 2.05) is 6.92 Å². The van der Waals surface area contributed by atoms with Crippen LogP contribution in [0.15, 0.2) is 0 Å². The van der Waals surface area contributed by atoms with Crippen LogP contribution in [0.3, 0.4) is 0 Å². The van der Waals surface area contributed by atoms with E-state index in [-0.39, 0.29) is 12.1 Å². The van der Waals surface area contributed by atoms with Gasteiger partial charge in [-0.05, 0) is 25.7 Å². The molecule has 0 spiro atoms. The van der Waals surface area contributed by atoms with Crippen molar-refractivity contribution in [2.24, 2.45) is 5.92 Å². The van der Waals surface area contributed by atoms with Gasteiger partial charge in [0, 0.05) is 6.92 Å². The molecule has 1 saturated carbocycles. The van der Waals surface area contributed by atoms with Crippen LogP contribution in [0.25, 0.3) is 0 Å². The van der Waals surface area contributed by atoms with Gasteiger partial charge < -0.3 is 4.74 Å². The van der Waals surface area contributed by atoms with Crippen LogP contribution in [0.5, 0.6) is 0 Å². The first-order valence-electron chi connectivity index (χ1n) is 5.42. The smallest absolute Gasteiger partial charge is 0.302 e. The number of rotatable bonds is 3. The molecule has 1 rings (SSSR count). The predicted octanol–water partition coefficient (Wildman–Crippen LogP) is 3.32. The van der Waals surface area contributed by atoms with E-state index in [0.717, 1.165) is 5.92 Å². The number of carbonyl (C=O) groups is 1. The van der Waals surface area contributed by atoms with Crippen LogP contribution in [0.2, 0.25) is 0 Å².